The molecule has 3 heteroatoms. The smallest absolute Gasteiger partial charge is 0.119 e. The second-order valence-electron chi connectivity index (χ2n) is 8.93. The average molecular weight is 444 g/mol. The van der Waals surface area contributed by atoms with Crippen LogP contribution >= 0.6 is 0 Å². The van der Waals surface area contributed by atoms with Gasteiger partial charge in [-0.3, -0.25) is 9.29 Å². The minimum absolute atomic E-state index is 0.187. The topological polar surface area (TPSA) is 12.5 Å². The number of hydrogen-bond donors (Lipinski definition) is 0. The molecule has 0 N–H and O–H groups in total. The third kappa shape index (κ3) is 5.72. The van der Waals surface area contributed by atoms with E-state index in [-0.39, 0.29) is 18.6 Å². The summed E-state index contributed by atoms with van der Waals surface area (Å²) in [7, 11) is 0. The van der Waals surface area contributed by atoms with E-state index in [1.807, 2.05) is 0 Å². The molecule has 1 aliphatic heterocycles. The first kappa shape index (κ1) is 23.3. The molecule has 0 spiro atoms. The fraction of sp³-hybridized carbons (Fsp3) is 0.333. The Morgan fingerprint density at radius 3 is 2.09 bits per heavy atom. The van der Waals surface area contributed by atoms with Gasteiger partial charge in [-0.1, -0.05) is 79.7 Å². The number of likely N-dealkylation sites (tertiary alicyclic amines) is 1. The molecular weight excluding hydrogens is 409 g/mol. The van der Waals surface area contributed by atoms with Crippen molar-refractivity contribution in [3.63, 3.8) is 0 Å². The highest BCUT2D eigenvalue weighted by Gasteiger charge is 2.26. The Balaban J connectivity index is 1.55. The zero-order valence-electron chi connectivity index (χ0n) is 19.7. The van der Waals surface area contributed by atoms with Gasteiger partial charge in [-0.2, -0.15) is 0 Å². The van der Waals surface area contributed by atoms with Gasteiger partial charge in [0.15, 0.2) is 0 Å². The molecule has 0 saturated carbocycles. The van der Waals surface area contributed by atoms with Crippen LogP contribution in [0.4, 0.5) is 4.39 Å². The molecule has 2 atom stereocenters. The highest BCUT2D eigenvalue weighted by molar-refractivity contribution is 5.98. The third-order valence-corrected chi connectivity index (χ3v) is 6.63. The van der Waals surface area contributed by atoms with Gasteiger partial charge >= 0.3 is 0 Å². The number of rotatable bonds is 9. The van der Waals surface area contributed by atoms with Gasteiger partial charge in [0, 0.05) is 18.5 Å². The van der Waals surface area contributed by atoms with Crippen LogP contribution in [0.15, 0.2) is 84.9 Å². The van der Waals surface area contributed by atoms with Crippen LogP contribution in [0.3, 0.4) is 0 Å². The summed E-state index contributed by atoms with van der Waals surface area (Å²) in [6, 6.07) is 30.0. The van der Waals surface area contributed by atoms with Crippen molar-refractivity contribution >= 4 is 11.1 Å². The molecule has 33 heavy (non-hydrogen) atoms. The van der Waals surface area contributed by atoms with Gasteiger partial charge < -0.3 is 4.74 Å². The van der Waals surface area contributed by atoms with Crippen molar-refractivity contribution in [1.82, 2.24) is 4.90 Å². The fourth-order valence-electron chi connectivity index (χ4n) is 4.71. The number of alkyl halides is 1. The van der Waals surface area contributed by atoms with Crippen molar-refractivity contribution < 1.29 is 9.13 Å². The lowest BCUT2D eigenvalue weighted by Gasteiger charge is -2.24. The Hall–Kier alpha value is -2.91. The van der Waals surface area contributed by atoms with E-state index in [0.717, 1.165) is 31.7 Å². The van der Waals surface area contributed by atoms with Crippen LogP contribution in [0.25, 0.3) is 11.1 Å². The van der Waals surface area contributed by atoms with E-state index in [1.54, 1.807) is 0 Å². The Labute approximate surface area is 197 Å². The fourth-order valence-corrected chi connectivity index (χ4v) is 4.71. The molecule has 0 aliphatic carbocycles. The zero-order valence-corrected chi connectivity index (χ0v) is 19.7. The Morgan fingerprint density at radius 2 is 1.52 bits per heavy atom. The summed E-state index contributed by atoms with van der Waals surface area (Å²) < 4.78 is 19.1. The Morgan fingerprint density at radius 1 is 0.909 bits per heavy atom. The lowest BCUT2D eigenvalue weighted by atomic mass is 9.88. The van der Waals surface area contributed by atoms with Crippen molar-refractivity contribution in [2.75, 3.05) is 26.4 Å². The summed E-state index contributed by atoms with van der Waals surface area (Å²) in [6.45, 7) is 6.58. The van der Waals surface area contributed by atoms with Crippen molar-refractivity contribution in [2.24, 2.45) is 5.92 Å². The lowest BCUT2D eigenvalue weighted by Crippen LogP contribution is -2.35. The minimum atomic E-state index is -0.217. The molecule has 0 bridgehead atoms. The van der Waals surface area contributed by atoms with Crippen LogP contribution < -0.4 is 4.74 Å². The maximum atomic E-state index is 12.9. The number of halogens is 1. The van der Waals surface area contributed by atoms with Crippen LogP contribution in [0.2, 0.25) is 0 Å². The second kappa shape index (κ2) is 11.3. The highest BCUT2D eigenvalue weighted by Crippen LogP contribution is 2.35. The minimum Gasteiger partial charge on any atom is -0.492 e. The predicted molar refractivity (Wildman–Crippen MR) is 136 cm³/mol. The molecule has 1 heterocycles. The average Bonchev–Trinajstić information content (AvgIpc) is 3.37. The summed E-state index contributed by atoms with van der Waals surface area (Å²) in [5, 5.41) is 0. The molecule has 0 radical (unpaired) electrons. The van der Waals surface area contributed by atoms with Gasteiger partial charge in [0.2, 0.25) is 0 Å². The SMILES string of the molecule is CC/C(=C(\c1ccccc1)c1ccc(OCC(C)N2CC[C@@H](CF)C2)cc1)c1ccccc1. The van der Waals surface area contributed by atoms with Gasteiger partial charge in [-0.25, -0.2) is 0 Å². The largest absolute Gasteiger partial charge is 0.492 e. The summed E-state index contributed by atoms with van der Waals surface area (Å²) in [5.41, 5.74) is 6.26. The number of ether oxygens (including phenoxy) is 1. The number of nitrogens with zero attached hydrogens (tertiary/aromatic N) is 1. The highest BCUT2D eigenvalue weighted by atomic mass is 19.1. The Kier molecular flexibility index (Phi) is 7.96. The van der Waals surface area contributed by atoms with Crippen LogP contribution in [0, 0.1) is 5.92 Å². The lowest BCUT2D eigenvalue weighted by molar-refractivity contribution is 0.166. The van der Waals surface area contributed by atoms with E-state index in [0.29, 0.717) is 6.61 Å². The maximum Gasteiger partial charge on any atom is 0.119 e. The standard InChI is InChI=1S/C30H34FNO/c1-3-29(25-10-6-4-7-11-25)30(26-12-8-5-9-13-26)27-14-16-28(17-15-27)33-22-23(2)32-19-18-24(20-31)21-32/h4-17,23-24H,3,18-22H2,1-2H3/b30-29-/t23?,24-/m0/s1. The molecule has 4 rings (SSSR count). The maximum absolute atomic E-state index is 12.9. The van der Waals surface area contributed by atoms with Gasteiger partial charge in [-0.05, 0) is 66.3 Å². The first-order valence-electron chi connectivity index (χ1n) is 12.1. The van der Waals surface area contributed by atoms with Crippen molar-refractivity contribution in [3.8, 4) is 5.75 Å². The molecule has 1 saturated heterocycles. The molecule has 1 unspecified atom stereocenters. The number of hydrogen-bond acceptors (Lipinski definition) is 2. The molecule has 3 aromatic rings. The van der Waals surface area contributed by atoms with E-state index < -0.39 is 0 Å². The van der Waals surface area contributed by atoms with E-state index in [2.05, 4.69) is 104 Å². The van der Waals surface area contributed by atoms with Gasteiger partial charge in [0.05, 0.1) is 6.67 Å². The molecule has 0 aromatic heterocycles. The van der Waals surface area contributed by atoms with Gasteiger partial charge in [0.1, 0.15) is 12.4 Å². The summed E-state index contributed by atoms with van der Waals surface area (Å²) in [6.07, 6.45) is 1.89. The zero-order chi connectivity index (χ0) is 23.0. The van der Waals surface area contributed by atoms with Crippen molar-refractivity contribution in [3.05, 3.63) is 102 Å². The second-order valence-corrected chi connectivity index (χ2v) is 8.93. The van der Waals surface area contributed by atoms with E-state index in [4.69, 9.17) is 4.74 Å². The quantitative estimate of drug-likeness (QED) is 0.327. The van der Waals surface area contributed by atoms with Crippen LogP contribution in [-0.2, 0) is 0 Å². The van der Waals surface area contributed by atoms with Gasteiger partial charge in [0.25, 0.3) is 0 Å². The Bertz CT molecular complexity index is 1030. The van der Waals surface area contributed by atoms with Gasteiger partial charge in [-0.15, -0.1) is 0 Å². The monoisotopic (exact) mass is 443 g/mol. The molecule has 3 aromatic carbocycles. The molecule has 2 nitrogen and oxygen atoms in total. The van der Waals surface area contributed by atoms with Crippen LogP contribution in [-0.4, -0.2) is 37.3 Å². The van der Waals surface area contributed by atoms with Crippen LogP contribution in [0.5, 0.6) is 5.75 Å². The molecule has 1 fully saturated rings. The third-order valence-electron chi connectivity index (χ3n) is 6.63. The molecule has 172 valence electrons. The molecular formula is C30H34FNO. The number of allylic oxidation sites excluding steroid dienone is 1. The molecule has 0 amide bonds. The first-order valence-corrected chi connectivity index (χ1v) is 12.1. The normalized spacial score (nSPS) is 18.1. The first-order chi connectivity index (χ1) is 16.2. The van der Waals surface area contributed by atoms with Crippen molar-refractivity contribution in [1.29, 1.82) is 0 Å². The van der Waals surface area contributed by atoms with E-state index in [9.17, 15) is 4.39 Å². The van der Waals surface area contributed by atoms with Crippen LogP contribution in [0.1, 0.15) is 43.4 Å². The van der Waals surface area contributed by atoms with E-state index in [1.165, 1.54) is 27.8 Å². The summed E-state index contributed by atoms with van der Waals surface area (Å²) in [4.78, 5) is 2.34. The molecule has 1 aliphatic rings. The number of benzene rings is 3. The van der Waals surface area contributed by atoms with E-state index >= 15 is 0 Å². The summed E-state index contributed by atoms with van der Waals surface area (Å²) in [5.74, 6) is 1.06. The summed E-state index contributed by atoms with van der Waals surface area (Å²) >= 11 is 0. The predicted octanol–water partition coefficient (Wildman–Crippen LogP) is 7.11. The van der Waals surface area contributed by atoms with Crippen molar-refractivity contribution in [2.45, 2.75) is 32.7 Å².